The topological polar surface area (TPSA) is 42.0 Å². The number of nitrogens with one attached hydrogen (secondary N) is 1. The number of rotatable bonds is 4. The van der Waals surface area contributed by atoms with Crippen LogP contribution in [0.3, 0.4) is 0 Å². The lowest BCUT2D eigenvalue weighted by Crippen LogP contribution is -2.40. The van der Waals surface area contributed by atoms with Crippen molar-refractivity contribution in [3.05, 3.63) is 40.9 Å². The first-order valence-corrected chi connectivity index (χ1v) is 8.04. The number of amides is 1. The number of carbonyl (C=O) groups is 1. The number of benzene rings is 1. The Morgan fingerprint density at radius 1 is 1.24 bits per heavy atom. The number of carbonyl (C=O) groups excluding carboxylic acids is 1. The molecule has 4 heteroatoms. The summed E-state index contributed by atoms with van der Waals surface area (Å²) in [5, 5.41) is 6.03. The van der Waals surface area contributed by atoms with Crippen molar-refractivity contribution in [3.63, 3.8) is 0 Å². The fourth-order valence-corrected chi connectivity index (χ4v) is 2.83. The Morgan fingerprint density at radius 3 is 2.52 bits per heavy atom. The lowest BCUT2D eigenvalue weighted by molar-refractivity contribution is -0.122. The van der Waals surface area contributed by atoms with E-state index in [1.807, 2.05) is 26.2 Å². The molecule has 0 aliphatic carbocycles. The van der Waals surface area contributed by atoms with E-state index in [0.29, 0.717) is 12.8 Å². The maximum Gasteiger partial charge on any atom is 0.220 e. The molecule has 0 fully saturated rings. The van der Waals surface area contributed by atoms with E-state index >= 15 is 0 Å². The molecule has 112 valence electrons. The summed E-state index contributed by atoms with van der Waals surface area (Å²) in [7, 11) is 0. The van der Waals surface area contributed by atoms with E-state index in [0.717, 1.165) is 16.3 Å². The van der Waals surface area contributed by atoms with E-state index in [2.05, 4.69) is 41.5 Å². The summed E-state index contributed by atoms with van der Waals surface area (Å²) >= 11 is 1.63. The second kappa shape index (κ2) is 6.39. The third kappa shape index (κ3) is 4.97. The first-order chi connectivity index (χ1) is 9.83. The Kier molecular flexibility index (Phi) is 4.78. The molecule has 0 aliphatic rings. The molecule has 1 N–H and O–H groups in total. The van der Waals surface area contributed by atoms with Gasteiger partial charge in [0.15, 0.2) is 0 Å². The molecule has 0 atom stereocenters. The van der Waals surface area contributed by atoms with E-state index in [1.54, 1.807) is 11.3 Å². The van der Waals surface area contributed by atoms with Crippen LogP contribution < -0.4 is 5.32 Å². The molecule has 3 nitrogen and oxygen atoms in total. The second-order valence-electron chi connectivity index (χ2n) is 6.31. The van der Waals surface area contributed by atoms with Crippen molar-refractivity contribution in [3.8, 4) is 10.6 Å². The number of aryl methyl sites for hydroxylation is 2. The molecule has 0 spiro atoms. The van der Waals surface area contributed by atoms with Crippen molar-refractivity contribution >= 4 is 17.2 Å². The van der Waals surface area contributed by atoms with Gasteiger partial charge < -0.3 is 5.32 Å². The van der Waals surface area contributed by atoms with Gasteiger partial charge >= 0.3 is 0 Å². The molecule has 0 bridgehead atoms. The maximum atomic E-state index is 11.8. The summed E-state index contributed by atoms with van der Waals surface area (Å²) in [6.45, 7) is 8.04. The molecule has 1 amide bonds. The van der Waals surface area contributed by atoms with Crippen LogP contribution in [0.15, 0.2) is 29.6 Å². The number of hydrogen-bond acceptors (Lipinski definition) is 3. The van der Waals surface area contributed by atoms with Crippen molar-refractivity contribution in [2.45, 2.75) is 46.1 Å². The highest BCUT2D eigenvalue weighted by molar-refractivity contribution is 7.13. The van der Waals surface area contributed by atoms with Crippen molar-refractivity contribution in [1.29, 1.82) is 0 Å². The number of hydrogen-bond donors (Lipinski definition) is 1. The molecular weight excluding hydrogens is 280 g/mol. The molecule has 1 aromatic carbocycles. The van der Waals surface area contributed by atoms with Crippen molar-refractivity contribution in [1.82, 2.24) is 10.3 Å². The van der Waals surface area contributed by atoms with E-state index in [9.17, 15) is 4.79 Å². The zero-order chi connectivity index (χ0) is 15.5. The maximum absolute atomic E-state index is 11.8. The first-order valence-electron chi connectivity index (χ1n) is 7.16. The van der Waals surface area contributed by atoms with Gasteiger partial charge in [0, 0.05) is 22.9 Å². The van der Waals surface area contributed by atoms with Crippen LogP contribution in [-0.2, 0) is 11.2 Å². The average Bonchev–Trinajstić information content (AvgIpc) is 2.84. The van der Waals surface area contributed by atoms with Crippen LogP contribution in [0.2, 0.25) is 0 Å². The second-order valence-corrected chi connectivity index (χ2v) is 7.17. The Labute approximate surface area is 130 Å². The van der Waals surface area contributed by atoms with Crippen LogP contribution >= 0.6 is 11.3 Å². The molecule has 1 aromatic heterocycles. The van der Waals surface area contributed by atoms with Gasteiger partial charge in [0.2, 0.25) is 5.91 Å². The smallest absolute Gasteiger partial charge is 0.220 e. The minimum atomic E-state index is -0.174. The van der Waals surface area contributed by atoms with Crippen molar-refractivity contribution in [2.75, 3.05) is 0 Å². The summed E-state index contributed by atoms with van der Waals surface area (Å²) < 4.78 is 0. The third-order valence-electron chi connectivity index (χ3n) is 2.97. The van der Waals surface area contributed by atoms with E-state index in [1.165, 1.54) is 5.56 Å². The first kappa shape index (κ1) is 15.7. The molecule has 1 heterocycles. The number of thiazole rings is 1. The van der Waals surface area contributed by atoms with Gasteiger partial charge in [0.1, 0.15) is 5.01 Å². The van der Waals surface area contributed by atoms with Gasteiger partial charge in [-0.05, 0) is 34.1 Å². The largest absolute Gasteiger partial charge is 0.351 e. The van der Waals surface area contributed by atoms with E-state index in [4.69, 9.17) is 0 Å². The van der Waals surface area contributed by atoms with Crippen LogP contribution in [-0.4, -0.2) is 16.4 Å². The van der Waals surface area contributed by atoms with Gasteiger partial charge in [0.05, 0.1) is 5.69 Å². The lowest BCUT2D eigenvalue weighted by Gasteiger charge is -2.20. The fraction of sp³-hybridized carbons (Fsp3) is 0.412. The lowest BCUT2D eigenvalue weighted by atomic mass is 10.1. The van der Waals surface area contributed by atoms with Crippen molar-refractivity contribution < 1.29 is 4.79 Å². The number of aromatic nitrogens is 1. The van der Waals surface area contributed by atoms with Crippen LogP contribution in [0.4, 0.5) is 0 Å². The molecule has 0 unspecified atom stereocenters. The summed E-state index contributed by atoms with van der Waals surface area (Å²) in [5.41, 5.74) is 3.19. The van der Waals surface area contributed by atoms with E-state index in [-0.39, 0.29) is 11.4 Å². The Balaban J connectivity index is 1.94. The zero-order valence-electron chi connectivity index (χ0n) is 13.1. The molecule has 0 aliphatic heterocycles. The normalized spacial score (nSPS) is 11.4. The summed E-state index contributed by atoms with van der Waals surface area (Å²) in [6.07, 6.45) is 1.17. The monoisotopic (exact) mass is 302 g/mol. The predicted octanol–water partition coefficient (Wildman–Crippen LogP) is 3.97. The van der Waals surface area contributed by atoms with Gasteiger partial charge in [-0.3, -0.25) is 4.79 Å². The van der Waals surface area contributed by atoms with Gasteiger partial charge in [-0.2, -0.15) is 0 Å². The van der Waals surface area contributed by atoms with Crippen molar-refractivity contribution in [2.24, 2.45) is 0 Å². The predicted molar refractivity (Wildman–Crippen MR) is 88.5 cm³/mol. The molecule has 0 saturated carbocycles. The fourth-order valence-electron chi connectivity index (χ4n) is 1.97. The van der Waals surface area contributed by atoms with Gasteiger partial charge in [-0.1, -0.05) is 29.8 Å². The minimum Gasteiger partial charge on any atom is -0.351 e. The van der Waals surface area contributed by atoms with Crippen LogP contribution in [0.1, 0.15) is 38.4 Å². The van der Waals surface area contributed by atoms with Crippen LogP contribution in [0, 0.1) is 6.92 Å². The molecule has 21 heavy (non-hydrogen) atoms. The van der Waals surface area contributed by atoms with Crippen LogP contribution in [0.5, 0.6) is 0 Å². The van der Waals surface area contributed by atoms with Crippen LogP contribution in [0.25, 0.3) is 10.6 Å². The zero-order valence-corrected chi connectivity index (χ0v) is 13.9. The quantitative estimate of drug-likeness (QED) is 0.928. The summed E-state index contributed by atoms with van der Waals surface area (Å²) in [6, 6.07) is 8.36. The Bertz CT molecular complexity index is 608. The summed E-state index contributed by atoms with van der Waals surface area (Å²) in [5.74, 6) is 0.0763. The number of nitrogens with zero attached hydrogens (tertiary/aromatic N) is 1. The van der Waals surface area contributed by atoms with Gasteiger partial charge in [-0.25, -0.2) is 4.98 Å². The highest BCUT2D eigenvalue weighted by Gasteiger charge is 2.14. The minimum absolute atomic E-state index is 0.0763. The van der Waals surface area contributed by atoms with E-state index < -0.39 is 0 Å². The summed E-state index contributed by atoms with van der Waals surface area (Å²) in [4.78, 5) is 16.4. The molecular formula is C17H22N2OS. The SMILES string of the molecule is Cc1ccc(-c2nc(CCC(=O)NC(C)(C)C)cs2)cc1. The highest BCUT2D eigenvalue weighted by atomic mass is 32.1. The van der Waals surface area contributed by atoms with Gasteiger partial charge in [0.25, 0.3) is 0 Å². The Hall–Kier alpha value is -1.68. The molecule has 0 radical (unpaired) electrons. The average molecular weight is 302 g/mol. The molecule has 2 aromatic rings. The highest BCUT2D eigenvalue weighted by Crippen LogP contribution is 2.24. The third-order valence-corrected chi connectivity index (χ3v) is 3.91. The molecule has 0 saturated heterocycles. The molecule has 2 rings (SSSR count). The van der Waals surface area contributed by atoms with Gasteiger partial charge in [-0.15, -0.1) is 11.3 Å². The Morgan fingerprint density at radius 2 is 1.90 bits per heavy atom. The standard InChI is InChI=1S/C17H22N2OS/c1-12-5-7-13(8-6-12)16-18-14(11-21-16)9-10-15(20)19-17(2,3)4/h5-8,11H,9-10H2,1-4H3,(H,19,20).